The summed E-state index contributed by atoms with van der Waals surface area (Å²) >= 11 is 0. The van der Waals surface area contributed by atoms with E-state index in [0.717, 1.165) is 6.54 Å². The first-order valence-electron chi connectivity index (χ1n) is 7.23. The lowest BCUT2D eigenvalue weighted by atomic mass is 10.1. The number of nitrogens with two attached hydrogens (primary N) is 1. The molecule has 118 valence electrons. The Kier molecular flexibility index (Phi) is 6.49. The topological polar surface area (TPSA) is 64.8 Å². The number of para-hydroxylation sites is 1. The van der Waals surface area contributed by atoms with Gasteiger partial charge in [0.2, 0.25) is 0 Å². The van der Waals surface area contributed by atoms with Crippen molar-refractivity contribution < 1.29 is 14.3 Å². The highest BCUT2D eigenvalue weighted by atomic mass is 16.5. The van der Waals surface area contributed by atoms with E-state index < -0.39 is 5.97 Å². The Labute approximate surface area is 127 Å². The number of hydrogen-bond donors (Lipinski definition) is 1. The largest absolute Gasteiger partial charge is 0.489 e. The van der Waals surface area contributed by atoms with Crippen molar-refractivity contribution in [2.45, 2.75) is 39.8 Å². The maximum atomic E-state index is 11.7. The molecule has 5 nitrogen and oxygen atoms in total. The van der Waals surface area contributed by atoms with Crippen LogP contribution in [0.3, 0.4) is 0 Å². The fourth-order valence-corrected chi connectivity index (χ4v) is 2.35. The molecular formula is C16H26N2O3. The average Bonchev–Trinajstić information content (AvgIpc) is 2.43. The van der Waals surface area contributed by atoms with Gasteiger partial charge in [0.05, 0.1) is 12.8 Å². The summed E-state index contributed by atoms with van der Waals surface area (Å²) in [5.74, 6) is -0.0429. The first-order chi connectivity index (χ1) is 9.88. The third kappa shape index (κ3) is 4.63. The second-order valence-corrected chi connectivity index (χ2v) is 5.49. The number of nitrogens with zero attached hydrogens (tertiary/aromatic N) is 1. The van der Waals surface area contributed by atoms with Crippen molar-refractivity contribution in [3.63, 3.8) is 0 Å². The number of ether oxygens (including phenoxy) is 2. The molecule has 0 fully saturated rings. The molecule has 0 aliphatic carbocycles. The molecule has 0 aromatic heterocycles. The van der Waals surface area contributed by atoms with Crippen LogP contribution in [-0.4, -0.2) is 43.2 Å². The number of esters is 1. The summed E-state index contributed by atoms with van der Waals surface area (Å²) in [7, 11) is 1.34. The minimum atomic E-state index is -0.443. The lowest BCUT2D eigenvalue weighted by Gasteiger charge is -2.30. The van der Waals surface area contributed by atoms with Crippen LogP contribution in [0.5, 0.6) is 5.75 Å². The van der Waals surface area contributed by atoms with Crippen molar-refractivity contribution in [3.05, 3.63) is 23.8 Å². The van der Waals surface area contributed by atoms with Crippen LogP contribution in [0, 0.1) is 0 Å². The van der Waals surface area contributed by atoms with Crippen LogP contribution in [0.2, 0.25) is 0 Å². The van der Waals surface area contributed by atoms with E-state index >= 15 is 0 Å². The third-order valence-corrected chi connectivity index (χ3v) is 3.37. The summed E-state index contributed by atoms with van der Waals surface area (Å²) < 4.78 is 10.5. The van der Waals surface area contributed by atoms with Gasteiger partial charge in [-0.05, 0) is 39.8 Å². The van der Waals surface area contributed by atoms with Gasteiger partial charge < -0.3 is 15.2 Å². The molecule has 0 atom stereocenters. The molecule has 1 rings (SSSR count). The highest BCUT2D eigenvalue weighted by Gasteiger charge is 2.17. The number of carbonyl (C=O) groups excluding carboxylic acids is 1. The highest BCUT2D eigenvalue weighted by molar-refractivity contribution is 5.94. The highest BCUT2D eigenvalue weighted by Crippen LogP contribution is 2.27. The van der Waals surface area contributed by atoms with E-state index in [1.807, 2.05) is 0 Å². The van der Waals surface area contributed by atoms with Gasteiger partial charge in [-0.15, -0.1) is 0 Å². The van der Waals surface area contributed by atoms with Gasteiger partial charge in [0.1, 0.15) is 12.2 Å². The molecule has 2 N–H and O–H groups in total. The number of benzene rings is 1. The zero-order valence-electron chi connectivity index (χ0n) is 13.6. The number of methoxy groups -OCH3 is 1. The Bertz CT molecular complexity index is 465. The van der Waals surface area contributed by atoms with Gasteiger partial charge in [-0.25, -0.2) is 4.79 Å². The quantitative estimate of drug-likeness (QED) is 0.618. The second kappa shape index (κ2) is 7.88. The van der Waals surface area contributed by atoms with Crippen molar-refractivity contribution in [2.75, 3.05) is 26.0 Å². The zero-order chi connectivity index (χ0) is 16.0. The molecule has 0 bridgehead atoms. The van der Waals surface area contributed by atoms with Crippen molar-refractivity contribution in [2.24, 2.45) is 0 Å². The Hall–Kier alpha value is -1.75. The van der Waals surface area contributed by atoms with Crippen molar-refractivity contribution in [1.29, 1.82) is 0 Å². The molecule has 0 heterocycles. The van der Waals surface area contributed by atoms with Crippen molar-refractivity contribution >= 4 is 11.7 Å². The van der Waals surface area contributed by atoms with Crippen LogP contribution in [0.15, 0.2) is 18.2 Å². The Morgan fingerprint density at radius 2 is 1.86 bits per heavy atom. The van der Waals surface area contributed by atoms with Crippen LogP contribution in [0.1, 0.15) is 38.1 Å². The number of rotatable bonds is 7. The summed E-state index contributed by atoms with van der Waals surface area (Å²) in [4.78, 5) is 14.0. The minimum absolute atomic E-state index is 0.359. The third-order valence-electron chi connectivity index (χ3n) is 3.37. The summed E-state index contributed by atoms with van der Waals surface area (Å²) in [6.45, 7) is 9.83. The lowest BCUT2D eigenvalue weighted by molar-refractivity contribution is 0.0594. The van der Waals surface area contributed by atoms with E-state index in [-0.39, 0.29) is 0 Å². The molecule has 0 spiro atoms. The Balaban J connectivity index is 2.77. The molecule has 0 radical (unpaired) electrons. The van der Waals surface area contributed by atoms with E-state index in [9.17, 15) is 4.79 Å². The first kappa shape index (κ1) is 17.3. The van der Waals surface area contributed by atoms with Gasteiger partial charge in [0.15, 0.2) is 5.75 Å². The molecule has 0 amide bonds. The minimum Gasteiger partial charge on any atom is -0.489 e. The maximum absolute atomic E-state index is 11.7. The van der Waals surface area contributed by atoms with E-state index in [2.05, 4.69) is 32.6 Å². The first-order valence-corrected chi connectivity index (χ1v) is 7.23. The maximum Gasteiger partial charge on any atom is 0.341 e. The predicted octanol–water partition coefficient (Wildman–Crippen LogP) is 2.55. The molecule has 0 saturated carbocycles. The van der Waals surface area contributed by atoms with E-state index in [4.69, 9.17) is 15.2 Å². The molecule has 21 heavy (non-hydrogen) atoms. The summed E-state index contributed by atoms with van der Waals surface area (Å²) in [6, 6.07) is 5.94. The van der Waals surface area contributed by atoms with Crippen LogP contribution in [0.4, 0.5) is 5.69 Å². The SMILES string of the molecule is COC(=O)c1cccc(N)c1OCCN(C(C)C)C(C)C. The normalized spacial score (nSPS) is 11.2. The standard InChI is InChI=1S/C16H26N2O3/c1-11(2)18(12(3)4)9-10-21-15-13(16(19)20-5)7-6-8-14(15)17/h6-8,11-12H,9-10,17H2,1-5H3. The van der Waals surface area contributed by atoms with Crippen LogP contribution < -0.4 is 10.5 Å². The van der Waals surface area contributed by atoms with Gasteiger partial charge >= 0.3 is 5.97 Å². The van der Waals surface area contributed by atoms with Gasteiger partial charge in [0.25, 0.3) is 0 Å². The van der Waals surface area contributed by atoms with Gasteiger partial charge in [-0.2, -0.15) is 0 Å². The molecular weight excluding hydrogens is 268 g/mol. The number of nitrogen functional groups attached to an aromatic ring is 1. The Morgan fingerprint density at radius 1 is 1.24 bits per heavy atom. The second-order valence-electron chi connectivity index (χ2n) is 5.49. The fraction of sp³-hybridized carbons (Fsp3) is 0.562. The van der Waals surface area contributed by atoms with E-state index in [0.29, 0.717) is 35.7 Å². The van der Waals surface area contributed by atoms with Crippen LogP contribution in [0.25, 0.3) is 0 Å². The van der Waals surface area contributed by atoms with Crippen LogP contribution >= 0.6 is 0 Å². The smallest absolute Gasteiger partial charge is 0.341 e. The zero-order valence-corrected chi connectivity index (χ0v) is 13.6. The lowest BCUT2D eigenvalue weighted by Crippen LogP contribution is -2.39. The molecule has 0 saturated heterocycles. The average molecular weight is 294 g/mol. The molecule has 0 aliphatic heterocycles. The van der Waals surface area contributed by atoms with Crippen molar-refractivity contribution in [3.8, 4) is 5.75 Å². The van der Waals surface area contributed by atoms with Gasteiger partial charge in [-0.3, -0.25) is 4.90 Å². The summed E-state index contributed by atoms with van der Waals surface area (Å²) in [5, 5.41) is 0. The van der Waals surface area contributed by atoms with E-state index in [1.165, 1.54) is 7.11 Å². The monoisotopic (exact) mass is 294 g/mol. The number of anilines is 1. The molecule has 0 aliphatic rings. The molecule has 5 heteroatoms. The molecule has 0 unspecified atom stereocenters. The number of carbonyl (C=O) groups is 1. The van der Waals surface area contributed by atoms with Gasteiger partial charge in [0, 0.05) is 18.6 Å². The van der Waals surface area contributed by atoms with Crippen LogP contribution in [-0.2, 0) is 4.74 Å². The number of hydrogen-bond acceptors (Lipinski definition) is 5. The summed E-state index contributed by atoms with van der Waals surface area (Å²) in [5.41, 5.74) is 6.71. The predicted molar refractivity (Wildman–Crippen MR) is 84.7 cm³/mol. The fourth-order valence-electron chi connectivity index (χ4n) is 2.35. The van der Waals surface area contributed by atoms with Crippen molar-refractivity contribution in [1.82, 2.24) is 4.90 Å². The molecule has 1 aromatic carbocycles. The van der Waals surface area contributed by atoms with E-state index in [1.54, 1.807) is 18.2 Å². The molecule has 1 aromatic rings. The van der Waals surface area contributed by atoms with Gasteiger partial charge in [-0.1, -0.05) is 6.07 Å². The summed E-state index contributed by atoms with van der Waals surface area (Å²) in [6.07, 6.45) is 0. The Morgan fingerprint density at radius 3 is 2.38 bits per heavy atom.